The van der Waals surface area contributed by atoms with E-state index in [9.17, 15) is 0 Å². The van der Waals surface area contributed by atoms with Crippen molar-refractivity contribution in [2.75, 3.05) is 38.1 Å². The zero-order chi connectivity index (χ0) is 21.1. The summed E-state index contributed by atoms with van der Waals surface area (Å²) in [6.45, 7) is 3.08. The monoisotopic (exact) mass is 406 g/mol. The van der Waals surface area contributed by atoms with Gasteiger partial charge in [-0.25, -0.2) is 4.98 Å². The molecule has 4 rings (SSSR count). The van der Waals surface area contributed by atoms with Gasteiger partial charge in [-0.15, -0.1) is 0 Å². The minimum atomic E-state index is 0.502. The summed E-state index contributed by atoms with van der Waals surface area (Å²) in [5.74, 6) is 3.05. The maximum atomic E-state index is 5.43. The molecule has 7 heteroatoms. The molecule has 1 aliphatic rings. The largest absolute Gasteiger partial charge is 0.493 e. The summed E-state index contributed by atoms with van der Waals surface area (Å²) in [6.07, 6.45) is 3.96. The summed E-state index contributed by atoms with van der Waals surface area (Å²) >= 11 is 0. The molecule has 0 atom stereocenters. The fourth-order valence-corrected chi connectivity index (χ4v) is 3.92. The van der Waals surface area contributed by atoms with Crippen LogP contribution in [0, 0.1) is 6.92 Å². The van der Waals surface area contributed by atoms with Gasteiger partial charge in [-0.05, 0) is 37.0 Å². The van der Waals surface area contributed by atoms with Crippen LogP contribution in [0.25, 0.3) is 0 Å². The quantitative estimate of drug-likeness (QED) is 0.640. The molecule has 2 heterocycles. The third-order valence-electron chi connectivity index (χ3n) is 5.26. The number of fused-ring (bicyclic) bond motifs is 1. The number of anilines is 4. The fraction of sp³-hybridized carbons (Fsp3) is 0.304. The van der Waals surface area contributed by atoms with Gasteiger partial charge in [0, 0.05) is 36.2 Å². The molecule has 1 aliphatic heterocycles. The van der Waals surface area contributed by atoms with Gasteiger partial charge in [0.15, 0.2) is 11.5 Å². The van der Waals surface area contributed by atoms with E-state index in [4.69, 9.17) is 19.2 Å². The lowest BCUT2D eigenvalue weighted by atomic mass is 9.98. The van der Waals surface area contributed by atoms with Gasteiger partial charge in [0.25, 0.3) is 0 Å². The van der Waals surface area contributed by atoms with Crippen molar-refractivity contribution in [3.8, 4) is 17.2 Å². The van der Waals surface area contributed by atoms with Crippen LogP contribution >= 0.6 is 0 Å². The number of para-hydroxylation sites is 1. The van der Waals surface area contributed by atoms with E-state index in [1.165, 1.54) is 16.8 Å². The molecular weight excluding hydrogens is 380 g/mol. The molecule has 2 aromatic carbocycles. The first-order chi connectivity index (χ1) is 14.6. The van der Waals surface area contributed by atoms with Crippen LogP contribution in [0.2, 0.25) is 0 Å². The number of hydrogen-bond acceptors (Lipinski definition) is 7. The van der Waals surface area contributed by atoms with Crippen molar-refractivity contribution in [2.45, 2.75) is 19.8 Å². The second-order valence-electron chi connectivity index (χ2n) is 7.12. The second kappa shape index (κ2) is 8.49. The third kappa shape index (κ3) is 3.70. The number of nitrogens with zero attached hydrogens (tertiary/aromatic N) is 3. The Morgan fingerprint density at radius 2 is 1.77 bits per heavy atom. The highest BCUT2D eigenvalue weighted by Gasteiger charge is 2.21. The Balaban J connectivity index is 1.66. The molecule has 156 valence electrons. The van der Waals surface area contributed by atoms with E-state index >= 15 is 0 Å². The molecule has 0 amide bonds. The number of nitrogens with one attached hydrogen (secondary N) is 1. The highest BCUT2D eigenvalue weighted by atomic mass is 16.5. The normalized spacial score (nSPS) is 12.9. The standard InChI is InChI=1S/C23H26N4O3/c1-15-7-5-8-16-9-6-12-27(21(15)16)20-10-11-24-23(26-20)25-17-13-18(28-2)22(30-4)19(14-17)29-3/h5,7-8,10-11,13-14H,6,9,12H2,1-4H3,(H,24,25,26). The summed E-state index contributed by atoms with van der Waals surface area (Å²) in [5.41, 5.74) is 4.61. The van der Waals surface area contributed by atoms with Gasteiger partial charge in [-0.2, -0.15) is 4.98 Å². The molecule has 0 fully saturated rings. The SMILES string of the molecule is COc1cc(Nc2nccc(N3CCCc4cccc(C)c43)n2)cc(OC)c1OC. The van der Waals surface area contributed by atoms with Gasteiger partial charge in [0.1, 0.15) is 5.82 Å². The van der Waals surface area contributed by atoms with E-state index in [2.05, 4.69) is 40.3 Å². The molecule has 0 aliphatic carbocycles. The Kier molecular flexibility index (Phi) is 5.61. The molecule has 3 aromatic rings. The van der Waals surface area contributed by atoms with Gasteiger partial charge in [-0.3, -0.25) is 0 Å². The van der Waals surface area contributed by atoms with E-state index in [0.717, 1.165) is 30.9 Å². The van der Waals surface area contributed by atoms with Crippen molar-refractivity contribution in [1.82, 2.24) is 9.97 Å². The number of benzene rings is 2. The minimum absolute atomic E-state index is 0.502. The van der Waals surface area contributed by atoms with Gasteiger partial charge < -0.3 is 24.4 Å². The van der Waals surface area contributed by atoms with Crippen molar-refractivity contribution in [2.24, 2.45) is 0 Å². The number of ether oxygens (including phenoxy) is 3. The first-order valence-electron chi connectivity index (χ1n) is 9.90. The topological polar surface area (TPSA) is 68.7 Å². The van der Waals surface area contributed by atoms with Crippen LogP contribution in [0.1, 0.15) is 17.5 Å². The highest BCUT2D eigenvalue weighted by Crippen LogP contribution is 2.40. The summed E-state index contributed by atoms with van der Waals surface area (Å²) in [5, 5.41) is 3.26. The van der Waals surface area contributed by atoms with Crippen LogP contribution < -0.4 is 24.4 Å². The predicted octanol–water partition coefficient (Wildman–Crippen LogP) is 4.64. The molecule has 0 unspecified atom stereocenters. The summed E-state index contributed by atoms with van der Waals surface area (Å²) in [4.78, 5) is 11.4. The second-order valence-corrected chi connectivity index (χ2v) is 7.12. The third-order valence-corrected chi connectivity index (χ3v) is 5.26. The zero-order valence-electron chi connectivity index (χ0n) is 17.7. The Hall–Kier alpha value is -3.48. The molecule has 0 saturated heterocycles. The van der Waals surface area contributed by atoms with E-state index < -0.39 is 0 Å². The van der Waals surface area contributed by atoms with Crippen LogP contribution in [0.3, 0.4) is 0 Å². The van der Waals surface area contributed by atoms with E-state index in [0.29, 0.717) is 23.2 Å². The number of rotatable bonds is 6. The molecule has 7 nitrogen and oxygen atoms in total. The van der Waals surface area contributed by atoms with Crippen LogP contribution in [-0.2, 0) is 6.42 Å². The Bertz CT molecular complexity index is 1030. The van der Waals surface area contributed by atoms with Crippen molar-refractivity contribution in [3.63, 3.8) is 0 Å². The number of aromatic nitrogens is 2. The van der Waals surface area contributed by atoms with Crippen LogP contribution in [0.4, 0.5) is 23.1 Å². The molecule has 0 radical (unpaired) electrons. The lowest BCUT2D eigenvalue weighted by molar-refractivity contribution is 0.324. The number of hydrogen-bond donors (Lipinski definition) is 1. The Morgan fingerprint density at radius 3 is 2.47 bits per heavy atom. The summed E-state index contributed by atoms with van der Waals surface area (Å²) < 4.78 is 16.3. The number of methoxy groups -OCH3 is 3. The fourth-order valence-electron chi connectivity index (χ4n) is 3.92. The van der Waals surface area contributed by atoms with Gasteiger partial charge >= 0.3 is 0 Å². The molecule has 0 saturated carbocycles. The smallest absolute Gasteiger partial charge is 0.229 e. The van der Waals surface area contributed by atoms with Crippen molar-refractivity contribution < 1.29 is 14.2 Å². The van der Waals surface area contributed by atoms with E-state index in [1.807, 2.05) is 18.2 Å². The Morgan fingerprint density at radius 1 is 1.00 bits per heavy atom. The van der Waals surface area contributed by atoms with Crippen LogP contribution in [-0.4, -0.2) is 37.8 Å². The summed E-state index contributed by atoms with van der Waals surface area (Å²) in [6, 6.07) is 12.1. The average Bonchev–Trinajstić information content (AvgIpc) is 2.78. The average molecular weight is 406 g/mol. The van der Waals surface area contributed by atoms with E-state index in [-0.39, 0.29) is 0 Å². The van der Waals surface area contributed by atoms with Crippen LogP contribution in [0.15, 0.2) is 42.6 Å². The molecule has 1 aromatic heterocycles. The molecule has 1 N–H and O–H groups in total. The highest BCUT2D eigenvalue weighted by molar-refractivity contribution is 5.70. The first-order valence-corrected chi connectivity index (χ1v) is 9.90. The Labute approximate surface area is 176 Å². The van der Waals surface area contributed by atoms with E-state index in [1.54, 1.807) is 27.5 Å². The van der Waals surface area contributed by atoms with Gasteiger partial charge in [0.2, 0.25) is 11.7 Å². The van der Waals surface area contributed by atoms with Gasteiger partial charge in [0.05, 0.1) is 21.3 Å². The predicted molar refractivity (Wildman–Crippen MR) is 118 cm³/mol. The number of aryl methyl sites for hydroxylation is 2. The molecule has 0 bridgehead atoms. The van der Waals surface area contributed by atoms with Crippen molar-refractivity contribution >= 4 is 23.1 Å². The molecular formula is C23H26N4O3. The van der Waals surface area contributed by atoms with Gasteiger partial charge in [-0.1, -0.05) is 18.2 Å². The minimum Gasteiger partial charge on any atom is -0.493 e. The van der Waals surface area contributed by atoms with Crippen molar-refractivity contribution in [3.05, 3.63) is 53.7 Å². The molecule has 30 heavy (non-hydrogen) atoms. The first kappa shape index (κ1) is 19.8. The zero-order valence-corrected chi connectivity index (χ0v) is 17.7. The van der Waals surface area contributed by atoms with Crippen molar-refractivity contribution in [1.29, 1.82) is 0 Å². The lowest BCUT2D eigenvalue weighted by Crippen LogP contribution is -2.26. The maximum Gasteiger partial charge on any atom is 0.229 e. The maximum absolute atomic E-state index is 5.43. The summed E-state index contributed by atoms with van der Waals surface area (Å²) in [7, 11) is 4.77. The van der Waals surface area contributed by atoms with Crippen LogP contribution in [0.5, 0.6) is 17.2 Å². The lowest BCUT2D eigenvalue weighted by Gasteiger charge is -2.32. The molecule has 0 spiro atoms.